The van der Waals surface area contributed by atoms with E-state index < -0.39 is 42.8 Å². The topological polar surface area (TPSA) is 169 Å². The fourth-order valence-corrected chi connectivity index (χ4v) is 4.25. The molecule has 3 aromatic carbocycles. The predicted molar refractivity (Wildman–Crippen MR) is 159 cm³/mol. The van der Waals surface area contributed by atoms with Crippen molar-refractivity contribution < 1.29 is 34.8 Å². The van der Waals surface area contributed by atoms with Gasteiger partial charge in [0, 0.05) is 34.9 Å². The second-order valence-electron chi connectivity index (χ2n) is 9.49. The fraction of sp³-hybridized carbons (Fsp3) is 0.259. The van der Waals surface area contributed by atoms with Crippen LogP contribution in [0.1, 0.15) is 33.3 Å². The molecule has 4 N–H and O–H groups in total. The van der Waals surface area contributed by atoms with Crippen LogP contribution in [-0.4, -0.2) is 39.4 Å². The molecule has 220 valence electrons. The van der Waals surface area contributed by atoms with Crippen LogP contribution >= 0.6 is 0 Å². The molecule has 41 heavy (non-hydrogen) atoms. The molecule has 14 heteroatoms. The molecular weight excluding hydrogens is 572 g/mol. The maximum atomic E-state index is 12.7. The van der Waals surface area contributed by atoms with E-state index in [-0.39, 0.29) is 11.5 Å². The van der Waals surface area contributed by atoms with Crippen molar-refractivity contribution in [2.45, 2.75) is 45.1 Å². The molecule has 12 nitrogen and oxygen atoms in total. The Bertz CT molecular complexity index is 1640. The van der Waals surface area contributed by atoms with Crippen LogP contribution in [0.2, 0.25) is 0 Å². The number of hydrogen-bond acceptors (Lipinski definition) is 8. The van der Waals surface area contributed by atoms with E-state index in [1.54, 1.807) is 49.4 Å². The predicted octanol–water partition coefficient (Wildman–Crippen LogP) is 5.52. The molecule has 0 radical (unpaired) electrons. The first kappa shape index (κ1) is 31.2. The highest BCUT2D eigenvalue weighted by atomic mass is 32.2. The van der Waals surface area contributed by atoms with Gasteiger partial charge in [0.1, 0.15) is 11.5 Å². The molecule has 0 aliphatic rings. The monoisotopic (exact) mass is 604 g/mol. The van der Waals surface area contributed by atoms with Crippen molar-refractivity contribution in [2.24, 2.45) is 0 Å². The highest BCUT2D eigenvalue weighted by Gasteiger charge is 2.19. The Labute approximate surface area is 239 Å². The minimum Gasteiger partial charge on any atom is -0.382 e. The van der Waals surface area contributed by atoms with E-state index in [0.29, 0.717) is 28.3 Å². The molecule has 0 fully saturated rings. The lowest BCUT2D eigenvalue weighted by molar-refractivity contribution is 0.261. The second kappa shape index (κ2) is 12.9. The van der Waals surface area contributed by atoms with Gasteiger partial charge in [0.2, 0.25) is 0 Å². The number of amides is 4. The number of hydrogen-bond donors (Lipinski definition) is 4. The summed E-state index contributed by atoms with van der Waals surface area (Å²) < 4.78 is 58.2. The minimum atomic E-state index is -3.80. The molecule has 0 saturated heterocycles. The summed E-state index contributed by atoms with van der Waals surface area (Å²) in [6.07, 6.45) is 0. The Morgan fingerprint density at radius 1 is 0.610 bits per heavy atom. The minimum absolute atomic E-state index is 0.0583. The highest BCUT2D eigenvalue weighted by Crippen LogP contribution is 2.24. The van der Waals surface area contributed by atoms with Crippen molar-refractivity contribution in [2.75, 3.05) is 21.3 Å². The maximum Gasteiger partial charge on any atom is 0.323 e. The van der Waals surface area contributed by atoms with E-state index in [1.165, 1.54) is 52.0 Å². The van der Waals surface area contributed by atoms with Crippen molar-refractivity contribution in [1.82, 2.24) is 0 Å². The summed E-state index contributed by atoms with van der Waals surface area (Å²) in [4.78, 5) is 25.2. The van der Waals surface area contributed by atoms with Gasteiger partial charge in [-0.15, -0.1) is 0 Å². The van der Waals surface area contributed by atoms with E-state index in [0.717, 1.165) is 0 Å². The van der Waals surface area contributed by atoms with Gasteiger partial charge < -0.3 is 29.6 Å². The van der Waals surface area contributed by atoms with Crippen molar-refractivity contribution in [3.05, 3.63) is 72.3 Å². The molecule has 0 aromatic heterocycles. The number of benzene rings is 3. The zero-order chi connectivity index (χ0) is 30.4. The summed E-state index contributed by atoms with van der Waals surface area (Å²) in [7, 11) is -7.59. The third kappa shape index (κ3) is 9.11. The van der Waals surface area contributed by atoms with E-state index in [1.807, 2.05) is 0 Å². The standard InChI is InChI=1S/C27H32N4O8S2/c1-17(2)40(34,35)38-23-10-6-8-20(14-23)28-26(32)30-22-13-12-19(5)25(16-22)31-27(33)29-21-9-7-11-24(15-21)39-41(36,37)18(3)4/h6-18H,1-5H3,(H2,28,30,32)(H2,29,31,33). The average molecular weight is 605 g/mol. The van der Waals surface area contributed by atoms with Crippen LogP contribution in [0.25, 0.3) is 0 Å². The van der Waals surface area contributed by atoms with Gasteiger partial charge in [-0.25, -0.2) is 9.59 Å². The van der Waals surface area contributed by atoms with Crippen molar-refractivity contribution in [1.29, 1.82) is 0 Å². The number of carbonyl (C=O) groups excluding carboxylic acids is 2. The number of nitrogens with one attached hydrogen (secondary N) is 4. The zero-order valence-electron chi connectivity index (χ0n) is 23.1. The first-order valence-electron chi connectivity index (χ1n) is 12.5. The van der Waals surface area contributed by atoms with Gasteiger partial charge in [-0.05, 0) is 76.6 Å². The number of urea groups is 2. The lowest BCUT2D eigenvalue weighted by Crippen LogP contribution is -2.22. The molecule has 0 atom stereocenters. The molecule has 0 heterocycles. The Balaban J connectivity index is 1.63. The Kier molecular flexibility index (Phi) is 9.83. The van der Waals surface area contributed by atoms with Crippen LogP contribution in [0, 0.1) is 6.92 Å². The Morgan fingerprint density at radius 3 is 1.46 bits per heavy atom. The Morgan fingerprint density at radius 2 is 1.02 bits per heavy atom. The summed E-state index contributed by atoms with van der Waals surface area (Å²) >= 11 is 0. The smallest absolute Gasteiger partial charge is 0.323 e. The van der Waals surface area contributed by atoms with Gasteiger partial charge in [0.15, 0.2) is 0 Å². The van der Waals surface area contributed by atoms with Gasteiger partial charge in [0.05, 0.1) is 10.5 Å². The highest BCUT2D eigenvalue weighted by molar-refractivity contribution is 7.87. The number of carbonyl (C=O) groups is 2. The van der Waals surface area contributed by atoms with Gasteiger partial charge in [-0.2, -0.15) is 16.8 Å². The first-order chi connectivity index (χ1) is 19.1. The van der Waals surface area contributed by atoms with Crippen LogP contribution < -0.4 is 29.6 Å². The van der Waals surface area contributed by atoms with Crippen LogP contribution in [0.15, 0.2) is 66.7 Å². The summed E-state index contributed by atoms with van der Waals surface area (Å²) in [5, 5.41) is 9.09. The van der Waals surface area contributed by atoms with Crippen LogP contribution in [0.5, 0.6) is 11.5 Å². The van der Waals surface area contributed by atoms with Crippen LogP contribution in [0.3, 0.4) is 0 Å². The SMILES string of the molecule is Cc1ccc(NC(=O)Nc2cccc(OS(=O)(=O)C(C)C)c2)cc1NC(=O)Nc1cccc(OS(=O)(=O)C(C)C)c1. The van der Waals surface area contributed by atoms with Crippen LogP contribution in [-0.2, 0) is 20.2 Å². The van der Waals surface area contributed by atoms with Crippen molar-refractivity contribution in [3.8, 4) is 11.5 Å². The van der Waals surface area contributed by atoms with E-state index in [2.05, 4.69) is 21.3 Å². The van der Waals surface area contributed by atoms with E-state index in [4.69, 9.17) is 8.37 Å². The summed E-state index contributed by atoms with van der Waals surface area (Å²) in [5.41, 5.74) is 2.09. The number of aryl methyl sites for hydroxylation is 1. The molecule has 0 bridgehead atoms. The number of anilines is 4. The molecule has 0 unspecified atom stereocenters. The molecule has 3 aromatic rings. The second-order valence-corrected chi connectivity index (χ2v) is 13.7. The molecular formula is C27H32N4O8S2. The van der Waals surface area contributed by atoms with Crippen LogP contribution in [0.4, 0.5) is 32.3 Å². The van der Waals surface area contributed by atoms with Gasteiger partial charge in [0.25, 0.3) is 0 Å². The van der Waals surface area contributed by atoms with E-state index >= 15 is 0 Å². The molecule has 0 spiro atoms. The molecule has 0 aliphatic heterocycles. The summed E-state index contributed by atoms with van der Waals surface area (Å²) in [5.74, 6) is 0.117. The van der Waals surface area contributed by atoms with E-state index in [9.17, 15) is 26.4 Å². The lowest BCUT2D eigenvalue weighted by Gasteiger charge is -2.14. The van der Waals surface area contributed by atoms with Gasteiger partial charge in [-0.3, -0.25) is 0 Å². The fourth-order valence-electron chi connectivity index (χ4n) is 3.12. The number of rotatable bonds is 10. The average Bonchev–Trinajstić information content (AvgIpc) is 2.85. The van der Waals surface area contributed by atoms with Crippen molar-refractivity contribution >= 4 is 55.0 Å². The van der Waals surface area contributed by atoms with Crippen molar-refractivity contribution in [3.63, 3.8) is 0 Å². The zero-order valence-corrected chi connectivity index (χ0v) is 24.7. The summed E-state index contributed by atoms with van der Waals surface area (Å²) in [6.45, 7) is 7.75. The first-order valence-corrected chi connectivity index (χ1v) is 15.4. The molecule has 3 rings (SSSR count). The van der Waals surface area contributed by atoms with Gasteiger partial charge >= 0.3 is 32.3 Å². The summed E-state index contributed by atoms with van der Waals surface area (Å²) in [6, 6.07) is 15.6. The Hall–Kier alpha value is -4.30. The maximum absolute atomic E-state index is 12.7. The molecule has 4 amide bonds. The third-order valence-electron chi connectivity index (χ3n) is 5.51. The molecule has 0 aliphatic carbocycles. The lowest BCUT2D eigenvalue weighted by atomic mass is 10.2. The van der Waals surface area contributed by atoms with Gasteiger partial charge in [-0.1, -0.05) is 18.2 Å². The third-order valence-corrected chi connectivity index (χ3v) is 8.67. The quantitative estimate of drug-likeness (QED) is 0.219. The molecule has 0 saturated carbocycles. The largest absolute Gasteiger partial charge is 0.382 e. The normalized spacial score (nSPS) is 11.6.